The highest BCUT2D eigenvalue weighted by molar-refractivity contribution is 7.08. The Labute approximate surface area is 157 Å². The molecule has 0 aromatic carbocycles. The van der Waals surface area contributed by atoms with Gasteiger partial charge in [0.05, 0.1) is 19.3 Å². The Morgan fingerprint density at radius 2 is 2.19 bits per heavy atom. The Bertz CT molecular complexity index is 731. The molecule has 2 amide bonds. The number of nitrogens with one attached hydrogen (secondary N) is 1. The van der Waals surface area contributed by atoms with Gasteiger partial charge in [0.2, 0.25) is 0 Å². The van der Waals surface area contributed by atoms with Crippen LogP contribution in [0.5, 0.6) is 0 Å². The second-order valence-electron chi connectivity index (χ2n) is 6.65. The number of anilines is 1. The first-order chi connectivity index (χ1) is 12.8. The fourth-order valence-electron chi connectivity index (χ4n) is 3.72. The summed E-state index contributed by atoms with van der Waals surface area (Å²) in [4.78, 5) is 21.5. The van der Waals surface area contributed by atoms with E-state index in [1.807, 2.05) is 23.2 Å². The number of rotatable bonds is 4. The summed E-state index contributed by atoms with van der Waals surface area (Å²) in [6.45, 7) is 4.42. The van der Waals surface area contributed by atoms with Crippen LogP contribution in [0.2, 0.25) is 0 Å². The molecule has 1 unspecified atom stereocenters. The van der Waals surface area contributed by atoms with E-state index in [0.717, 1.165) is 57.1 Å². The molecule has 4 heterocycles. The van der Waals surface area contributed by atoms with Gasteiger partial charge >= 0.3 is 6.03 Å². The highest BCUT2D eigenvalue weighted by Gasteiger charge is 2.30. The standard InChI is InChI=1S/C19H24N4O2S/c24-19(23-7-2-4-17(23)16-5-12-26-14-16)21-13-15-3-1-6-20-18(15)22-8-10-25-11-9-22/h1,3,5-6,12,14,17H,2,4,7-11,13H2,(H,21,24). The van der Waals surface area contributed by atoms with Crippen LogP contribution in [0.25, 0.3) is 0 Å². The number of thiophene rings is 1. The van der Waals surface area contributed by atoms with Crippen molar-refractivity contribution < 1.29 is 9.53 Å². The van der Waals surface area contributed by atoms with Crippen LogP contribution in [0.4, 0.5) is 10.6 Å². The SMILES string of the molecule is O=C(NCc1cccnc1N1CCOCC1)N1CCCC1c1ccsc1. The highest BCUT2D eigenvalue weighted by Crippen LogP contribution is 2.33. The van der Waals surface area contributed by atoms with Gasteiger partial charge in [0.1, 0.15) is 5.82 Å². The van der Waals surface area contributed by atoms with E-state index >= 15 is 0 Å². The van der Waals surface area contributed by atoms with E-state index in [0.29, 0.717) is 6.54 Å². The van der Waals surface area contributed by atoms with Crippen molar-refractivity contribution in [3.05, 3.63) is 46.3 Å². The zero-order chi connectivity index (χ0) is 17.8. The zero-order valence-corrected chi connectivity index (χ0v) is 15.6. The molecule has 6 nitrogen and oxygen atoms in total. The average molecular weight is 372 g/mol. The minimum atomic E-state index is 0.00970. The van der Waals surface area contributed by atoms with Crippen molar-refractivity contribution in [2.75, 3.05) is 37.7 Å². The summed E-state index contributed by atoms with van der Waals surface area (Å²) in [5.41, 5.74) is 2.30. The summed E-state index contributed by atoms with van der Waals surface area (Å²) < 4.78 is 5.43. The summed E-state index contributed by atoms with van der Waals surface area (Å²) in [7, 11) is 0. The van der Waals surface area contributed by atoms with Crippen molar-refractivity contribution >= 4 is 23.2 Å². The fourth-order valence-corrected chi connectivity index (χ4v) is 4.43. The van der Waals surface area contributed by atoms with E-state index in [9.17, 15) is 4.79 Å². The molecule has 0 spiro atoms. The summed E-state index contributed by atoms with van der Waals surface area (Å²) >= 11 is 1.69. The van der Waals surface area contributed by atoms with Crippen LogP contribution in [0, 0.1) is 0 Å². The van der Waals surface area contributed by atoms with E-state index in [1.54, 1.807) is 11.3 Å². The summed E-state index contributed by atoms with van der Waals surface area (Å²) in [5.74, 6) is 0.951. The number of hydrogen-bond donors (Lipinski definition) is 1. The molecule has 2 aliphatic rings. The van der Waals surface area contributed by atoms with Gasteiger partial charge in [-0.15, -0.1) is 0 Å². The minimum Gasteiger partial charge on any atom is -0.378 e. The van der Waals surface area contributed by atoms with E-state index in [-0.39, 0.29) is 12.1 Å². The highest BCUT2D eigenvalue weighted by atomic mass is 32.1. The van der Waals surface area contributed by atoms with Crippen LogP contribution in [-0.4, -0.2) is 48.8 Å². The third-order valence-corrected chi connectivity index (χ3v) is 5.75. The first-order valence-corrected chi connectivity index (χ1v) is 10.1. The van der Waals surface area contributed by atoms with E-state index < -0.39 is 0 Å². The van der Waals surface area contributed by atoms with Crippen LogP contribution in [0.3, 0.4) is 0 Å². The smallest absolute Gasteiger partial charge is 0.318 e. The molecule has 7 heteroatoms. The van der Waals surface area contributed by atoms with Gasteiger partial charge < -0.3 is 19.9 Å². The summed E-state index contributed by atoms with van der Waals surface area (Å²) in [6.07, 6.45) is 3.90. The van der Waals surface area contributed by atoms with Crippen molar-refractivity contribution in [1.82, 2.24) is 15.2 Å². The third kappa shape index (κ3) is 3.68. The number of pyridine rings is 1. The molecule has 138 valence electrons. The van der Waals surface area contributed by atoms with Gasteiger partial charge in [-0.05, 0) is 41.3 Å². The number of morpholine rings is 1. The summed E-state index contributed by atoms with van der Waals surface area (Å²) in [6, 6.07) is 6.30. The number of amides is 2. The maximum absolute atomic E-state index is 12.8. The first kappa shape index (κ1) is 17.3. The Morgan fingerprint density at radius 3 is 3.00 bits per heavy atom. The van der Waals surface area contributed by atoms with Crippen LogP contribution < -0.4 is 10.2 Å². The van der Waals surface area contributed by atoms with Crippen LogP contribution >= 0.6 is 11.3 Å². The fraction of sp³-hybridized carbons (Fsp3) is 0.474. The van der Waals surface area contributed by atoms with Crippen molar-refractivity contribution in [1.29, 1.82) is 0 Å². The average Bonchev–Trinajstić information content (AvgIpc) is 3.38. The molecular formula is C19H24N4O2S. The molecule has 0 radical (unpaired) electrons. The summed E-state index contributed by atoms with van der Waals surface area (Å²) in [5, 5.41) is 7.33. The van der Waals surface area contributed by atoms with Crippen molar-refractivity contribution in [2.24, 2.45) is 0 Å². The van der Waals surface area contributed by atoms with E-state index in [2.05, 4.69) is 32.0 Å². The van der Waals surface area contributed by atoms with Crippen molar-refractivity contribution in [3.63, 3.8) is 0 Å². The Hall–Kier alpha value is -2.12. The van der Waals surface area contributed by atoms with Gasteiger partial charge in [-0.2, -0.15) is 11.3 Å². The van der Waals surface area contributed by atoms with Crippen molar-refractivity contribution in [3.8, 4) is 0 Å². The van der Waals surface area contributed by atoms with Crippen LogP contribution in [-0.2, 0) is 11.3 Å². The number of aromatic nitrogens is 1. The molecule has 2 aromatic heterocycles. The quantitative estimate of drug-likeness (QED) is 0.896. The maximum Gasteiger partial charge on any atom is 0.318 e. The monoisotopic (exact) mass is 372 g/mol. The maximum atomic E-state index is 12.8. The van der Waals surface area contributed by atoms with Crippen molar-refractivity contribution in [2.45, 2.75) is 25.4 Å². The van der Waals surface area contributed by atoms with Gasteiger partial charge in [0.25, 0.3) is 0 Å². The van der Waals surface area contributed by atoms with Gasteiger partial charge in [0.15, 0.2) is 0 Å². The van der Waals surface area contributed by atoms with E-state index in [4.69, 9.17) is 4.74 Å². The number of carbonyl (C=O) groups is 1. The largest absolute Gasteiger partial charge is 0.378 e. The van der Waals surface area contributed by atoms with Gasteiger partial charge in [0, 0.05) is 37.9 Å². The van der Waals surface area contributed by atoms with Crippen LogP contribution in [0.15, 0.2) is 35.2 Å². The molecule has 4 rings (SSSR count). The lowest BCUT2D eigenvalue weighted by atomic mass is 10.1. The minimum absolute atomic E-state index is 0.00970. The Balaban J connectivity index is 1.42. The van der Waals surface area contributed by atoms with Gasteiger partial charge in [-0.3, -0.25) is 0 Å². The third-order valence-electron chi connectivity index (χ3n) is 5.05. The molecule has 2 fully saturated rings. The molecule has 1 N–H and O–H groups in total. The number of nitrogens with zero attached hydrogens (tertiary/aromatic N) is 3. The molecule has 0 aliphatic carbocycles. The Kier molecular flexibility index (Phi) is 5.36. The molecule has 2 aromatic rings. The second kappa shape index (κ2) is 8.05. The molecule has 26 heavy (non-hydrogen) atoms. The second-order valence-corrected chi connectivity index (χ2v) is 7.43. The normalized spacial score (nSPS) is 20.4. The molecular weight excluding hydrogens is 348 g/mol. The first-order valence-electron chi connectivity index (χ1n) is 9.16. The number of likely N-dealkylation sites (tertiary alicyclic amines) is 1. The number of urea groups is 1. The lowest BCUT2D eigenvalue weighted by Gasteiger charge is -2.30. The van der Waals surface area contributed by atoms with Crippen LogP contribution in [0.1, 0.15) is 30.0 Å². The van der Waals surface area contributed by atoms with Gasteiger partial charge in [-0.25, -0.2) is 9.78 Å². The molecule has 2 saturated heterocycles. The lowest BCUT2D eigenvalue weighted by molar-refractivity contribution is 0.122. The van der Waals surface area contributed by atoms with Gasteiger partial charge in [-0.1, -0.05) is 6.07 Å². The topological polar surface area (TPSA) is 57.7 Å². The molecule has 0 saturated carbocycles. The Morgan fingerprint density at radius 1 is 1.31 bits per heavy atom. The molecule has 0 bridgehead atoms. The van der Waals surface area contributed by atoms with E-state index in [1.165, 1.54) is 5.56 Å². The molecule has 1 atom stereocenters. The number of ether oxygens (including phenoxy) is 1. The predicted octanol–water partition coefficient (Wildman–Crippen LogP) is 3.03. The zero-order valence-electron chi connectivity index (χ0n) is 14.8. The number of hydrogen-bond acceptors (Lipinski definition) is 5. The molecule has 2 aliphatic heterocycles. The number of carbonyl (C=O) groups excluding carboxylic acids is 1. The predicted molar refractivity (Wildman–Crippen MR) is 103 cm³/mol. The lowest BCUT2D eigenvalue weighted by Crippen LogP contribution is -2.40.